The standard InChI is InChI=1S/C22H22ClN3O3/c1-3-15-8-7-9-16(4-2)21(15)25-19(27)14-29-20(28)12-11-17-22(23)24-18-10-5-6-13-26(17)18/h5-13H,3-4,14H2,1-2H3,(H,25,27)/b12-11+. The minimum Gasteiger partial charge on any atom is -0.452 e. The Morgan fingerprint density at radius 2 is 1.86 bits per heavy atom. The number of anilines is 1. The fourth-order valence-electron chi connectivity index (χ4n) is 3.05. The Bertz CT molecular complexity index is 1050. The maximum Gasteiger partial charge on any atom is 0.331 e. The van der Waals surface area contributed by atoms with Crippen molar-refractivity contribution >= 4 is 40.9 Å². The number of aromatic nitrogens is 2. The maximum absolute atomic E-state index is 12.3. The number of esters is 1. The average Bonchev–Trinajstić information content (AvgIpc) is 3.05. The molecule has 0 radical (unpaired) electrons. The molecule has 3 rings (SSSR count). The monoisotopic (exact) mass is 411 g/mol. The van der Waals surface area contributed by atoms with Crippen molar-refractivity contribution in [3.63, 3.8) is 0 Å². The van der Waals surface area contributed by atoms with Gasteiger partial charge >= 0.3 is 5.97 Å². The van der Waals surface area contributed by atoms with Gasteiger partial charge in [-0.3, -0.25) is 9.20 Å². The van der Waals surface area contributed by atoms with E-state index in [9.17, 15) is 9.59 Å². The van der Waals surface area contributed by atoms with Crippen molar-refractivity contribution < 1.29 is 14.3 Å². The van der Waals surface area contributed by atoms with E-state index in [0.717, 1.165) is 29.7 Å². The number of hydrogen-bond acceptors (Lipinski definition) is 4. The molecular formula is C22H22ClN3O3. The first-order valence-corrected chi connectivity index (χ1v) is 9.79. The number of benzene rings is 1. The first-order valence-electron chi connectivity index (χ1n) is 9.41. The molecule has 0 bridgehead atoms. The van der Waals surface area contributed by atoms with Crippen LogP contribution in [0.3, 0.4) is 0 Å². The minimum atomic E-state index is -0.637. The van der Waals surface area contributed by atoms with Crippen LogP contribution >= 0.6 is 11.6 Å². The summed E-state index contributed by atoms with van der Waals surface area (Å²) >= 11 is 6.13. The summed E-state index contributed by atoms with van der Waals surface area (Å²) in [6.07, 6.45) is 6.14. The number of fused-ring (bicyclic) bond motifs is 1. The molecule has 2 heterocycles. The van der Waals surface area contributed by atoms with Crippen molar-refractivity contribution in [1.82, 2.24) is 9.38 Å². The molecule has 150 valence electrons. The number of pyridine rings is 1. The Morgan fingerprint density at radius 1 is 1.14 bits per heavy atom. The zero-order valence-electron chi connectivity index (χ0n) is 16.3. The summed E-state index contributed by atoms with van der Waals surface area (Å²) in [5.41, 5.74) is 4.13. The van der Waals surface area contributed by atoms with Crippen LogP contribution < -0.4 is 5.32 Å². The van der Waals surface area contributed by atoms with Gasteiger partial charge in [-0.15, -0.1) is 0 Å². The van der Waals surface area contributed by atoms with Crippen LogP contribution in [-0.4, -0.2) is 27.9 Å². The second-order valence-electron chi connectivity index (χ2n) is 6.36. The van der Waals surface area contributed by atoms with E-state index >= 15 is 0 Å². The van der Waals surface area contributed by atoms with Crippen molar-refractivity contribution in [1.29, 1.82) is 0 Å². The average molecular weight is 412 g/mol. The molecule has 1 amide bonds. The molecule has 0 unspecified atom stereocenters. The molecule has 0 atom stereocenters. The largest absolute Gasteiger partial charge is 0.452 e. The number of ether oxygens (including phenoxy) is 1. The third-order valence-electron chi connectivity index (χ3n) is 4.51. The fraction of sp³-hybridized carbons (Fsp3) is 0.227. The Hall–Kier alpha value is -3.12. The van der Waals surface area contributed by atoms with E-state index in [4.69, 9.17) is 16.3 Å². The van der Waals surface area contributed by atoms with E-state index in [2.05, 4.69) is 10.3 Å². The van der Waals surface area contributed by atoms with Crippen molar-refractivity contribution in [2.45, 2.75) is 26.7 Å². The van der Waals surface area contributed by atoms with Crippen LogP contribution in [0.4, 0.5) is 5.69 Å². The molecule has 2 aromatic heterocycles. The van der Waals surface area contributed by atoms with Gasteiger partial charge in [-0.05, 0) is 42.2 Å². The quantitative estimate of drug-likeness (QED) is 0.464. The van der Waals surface area contributed by atoms with Crippen molar-refractivity contribution in [2.24, 2.45) is 0 Å². The van der Waals surface area contributed by atoms with E-state index in [0.29, 0.717) is 11.3 Å². The molecule has 0 aliphatic rings. The Morgan fingerprint density at radius 3 is 2.55 bits per heavy atom. The Balaban J connectivity index is 1.62. The number of nitrogens with zero attached hydrogens (tertiary/aromatic N) is 2. The molecule has 7 heteroatoms. The molecule has 1 aromatic carbocycles. The van der Waals surface area contributed by atoms with Gasteiger partial charge in [-0.2, -0.15) is 0 Å². The molecule has 0 saturated carbocycles. The van der Waals surface area contributed by atoms with Gasteiger partial charge < -0.3 is 10.1 Å². The highest BCUT2D eigenvalue weighted by molar-refractivity contribution is 6.31. The molecule has 0 aliphatic heterocycles. The van der Waals surface area contributed by atoms with Gasteiger partial charge in [0.15, 0.2) is 11.8 Å². The highest BCUT2D eigenvalue weighted by Crippen LogP contribution is 2.22. The number of aryl methyl sites for hydroxylation is 2. The number of hydrogen-bond donors (Lipinski definition) is 1. The Kier molecular flexibility index (Phi) is 6.67. The molecule has 3 aromatic rings. The van der Waals surface area contributed by atoms with Gasteiger partial charge in [0.2, 0.25) is 0 Å². The smallest absolute Gasteiger partial charge is 0.331 e. The summed E-state index contributed by atoms with van der Waals surface area (Å²) in [5, 5.41) is 3.14. The van der Waals surface area contributed by atoms with Crippen LogP contribution in [0.15, 0.2) is 48.7 Å². The zero-order valence-corrected chi connectivity index (χ0v) is 17.1. The molecule has 0 aliphatic carbocycles. The molecular weight excluding hydrogens is 390 g/mol. The van der Waals surface area contributed by atoms with Crippen LogP contribution in [0.2, 0.25) is 5.15 Å². The predicted octanol–water partition coefficient (Wildman–Crippen LogP) is 4.31. The summed E-state index contributed by atoms with van der Waals surface area (Å²) < 4.78 is 6.82. The molecule has 0 fully saturated rings. The second-order valence-corrected chi connectivity index (χ2v) is 6.72. The molecule has 6 nitrogen and oxygen atoms in total. The van der Waals surface area contributed by atoms with Crippen LogP contribution in [0.5, 0.6) is 0 Å². The number of halogens is 1. The van der Waals surface area contributed by atoms with E-state index in [1.807, 2.05) is 50.2 Å². The van der Waals surface area contributed by atoms with Gasteiger partial charge in [0.1, 0.15) is 5.65 Å². The van der Waals surface area contributed by atoms with E-state index in [1.54, 1.807) is 10.6 Å². The Labute approximate surface area is 174 Å². The molecule has 0 saturated heterocycles. The molecule has 1 N–H and O–H groups in total. The number of amides is 1. The summed E-state index contributed by atoms with van der Waals surface area (Å²) in [7, 11) is 0. The van der Waals surface area contributed by atoms with Gasteiger partial charge in [0.05, 0.1) is 5.69 Å². The third-order valence-corrected chi connectivity index (χ3v) is 4.79. The molecule has 0 spiro atoms. The van der Waals surface area contributed by atoms with Crippen molar-refractivity contribution in [2.75, 3.05) is 11.9 Å². The summed E-state index contributed by atoms with van der Waals surface area (Å²) in [4.78, 5) is 28.5. The zero-order chi connectivity index (χ0) is 20.8. The predicted molar refractivity (Wildman–Crippen MR) is 114 cm³/mol. The highest BCUT2D eigenvalue weighted by Gasteiger charge is 2.12. The minimum absolute atomic E-state index is 0.279. The van der Waals surface area contributed by atoms with Crippen molar-refractivity contribution in [3.8, 4) is 0 Å². The van der Waals surface area contributed by atoms with Gasteiger partial charge in [-0.1, -0.05) is 49.7 Å². The first kappa shape index (κ1) is 20.6. The summed E-state index contributed by atoms with van der Waals surface area (Å²) in [6, 6.07) is 11.4. The fourth-order valence-corrected chi connectivity index (χ4v) is 3.29. The SMILES string of the molecule is CCc1cccc(CC)c1NC(=O)COC(=O)/C=C/c1c(Cl)nc2ccccn12. The van der Waals surface area contributed by atoms with E-state index < -0.39 is 5.97 Å². The van der Waals surface area contributed by atoms with Crippen LogP contribution in [0, 0.1) is 0 Å². The first-order chi connectivity index (χ1) is 14.0. The van der Waals surface area contributed by atoms with Gasteiger partial charge in [0, 0.05) is 18.0 Å². The summed E-state index contributed by atoms with van der Waals surface area (Å²) in [6.45, 7) is 3.69. The maximum atomic E-state index is 12.3. The highest BCUT2D eigenvalue weighted by atomic mass is 35.5. The van der Waals surface area contributed by atoms with E-state index in [-0.39, 0.29) is 17.7 Å². The number of nitrogens with one attached hydrogen (secondary N) is 1. The summed E-state index contributed by atoms with van der Waals surface area (Å²) in [5.74, 6) is -1.02. The number of carbonyl (C=O) groups is 2. The topological polar surface area (TPSA) is 72.7 Å². The normalized spacial score (nSPS) is 11.1. The molecule has 29 heavy (non-hydrogen) atoms. The van der Waals surface area contributed by atoms with E-state index in [1.165, 1.54) is 12.2 Å². The second kappa shape index (κ2) is 9.39. The number of carbonyl (C=O) groups excluding carboxylic acids is 2. The van der Waals surface area contributed by atoms with Crippen LogP contribution in [0.25, 0.3) is 11.7 Å². The number of rotatable bonds is 7. The lowest BCUT2D eigenvalue weighted by atomic mass is 10.0. The van der Waals surface area contributed by atoms with Crippen LogP contribution in [0.1, 0.15) is 30.7 Å². The number of imidazole rings is 1. The van der Waals surface area contributed by atoms with Gasteiger partial charge in [-0.25, -0.2) is 9.78 Å². The lowest BCUT2D eigenvalue weighted by molar-refractivity contribution is -0.142. The third kappa shape index (κ3) is 4.84. The lowest BCUT2D eigenvalue weighted by Gasteiger charge is -2.14. The van der Waals surface area contributed by atoms with Crippen LogP contribution in [-0.2, 0) is 27.2 Å². The van der Waals surface area contributed by atoms with Gasteiger partial charge in [0.25, 0.3) is 5.91 Å². The lowest BCUT2D eigenvalue weighted by Crippen LogP contribution is -2.21. The number of para-hydroxylation sites is 1. The van der Waals surface area contributed by atoms with Crippen molar-refractivity contribution in [3.05, 3.63) is 70.6 Å².